The maximum absolute atomic E-state index is 13.5. The molecule has 1 unspecified atom stereocenters. The van der Waals surface area contributed by atoms with E-state index in [0.29, 0.717) is 48.5 Å². The molecule has 0 radical (unpaired) electrons. The highest BCUT2D eigenvalue weighted by molar-refractivity contribution is 7.99. The molecule has 0 spiro atoms. The van der Waals surface area contributed by atoms with E-state index in [1.807, 2.05) is 12.1 Å². The minimum atomic E-state index is -0.700. The molecule has 0 bridgehead atoms. The fourth-order valence-corrected chi connectivity index (χ4v) is 4.57. The predicted molar refractivity (Wildman–Crippen MR) is 119 cm³/mol. The normalized spacial score (nSPS) is 17.5. The van der Waals surface area contributed by atoms with Crippen molar-refractivity contribution in [2.75, 3.05) is 38.5 Å². The zero-order valence-electron chi connectivity index (χ0n) is 18.0. The first-order chi connectivity index (χ1) is 16.6. The molecular weight excluding hydrogens is 463 g/mol. The number of para-hydroxylation sites is 2. The number of piperazine rings is 1. The van der Waals surface area contributed by atoms with Crippen LogP contribution in [-0.4, -0.2) is 86.5 Å². The van der Waals surface area contributed by atoms with Crippen molar-refractivity contribution in [1.29, 1.82) is 0 Å². The molecule has 1 atom stereocenters. The van der Waals surface area contributed by atoms with Crippen molar-refractivity contribution in [3.63, 3.8) is 0 Å². The number of hydrogen-bond donors (Lipinski definition) is 0. The van der Waals surface area contributed by atoms with Crippen molar-refractivity contribution in [1.82, 2.24) is 30.0 Å². The maximum Gasteiger partial charge on any atom is 0.267 e. The molecule has 2 aromatic carbocycles. The molecule has 34 heavy (non-hydrogen) atoms. The number of ether oxygens (including phenoxy) is 2. The smallest absolute Gasteiger partial charge is 0.267 e. The summed E-state index contributed by atoms with van der Waals surface area (Å²) in [5.74, 6) is 0.672. The second-order valence-electron chi connectivity index (χ2n) is 7.71. The quantitative estimate of drug-likeness (QED) is 0.501. The fraction of sp³-hybridized carbons (Fsp3) is 0.318. The summed E-state index contributed by atoms with van der Waals surface area (Å²) in [5, 5.41) is 11.8. The standard InChI is InChI=1S/C22H21FN6O4S/c23-15-4-3-5-16(12-15)29-22(24-25-26-29)34-14-20(30)27-8-10-28(11-9-27)21(31)19-13-32-17-6-1-2-7-18(17)33-19/h1-7,12,19H,8-11,13-14H2. The number of thioether (sulfide) groups is 1. The monoisotopic (exact) mass is 484 g/mol. The fourth-order valence-electron chi connectivity index (χ4n) is 3.78. The third kappa shape index (κ3) is 4.67. The molecule has 5 rings (SSSR count). The number of aromatic nitrogens is 4. The number of amides is 2. The Kier molecular flexibility index (Phi) is 6.30. The van der Waals surface area contributed by atoms with E-state index in [1.165, 1.54) is 28.6 Å². The lowest BCUT2D eigenvalue weighted by atomic mass is 10.2. The number of halogens is 1. The first-order valence-electron chi connectivity index (χ1n) is 10.7. The minimum Gasteiger partial charge on any atom is -0.485 e. The summed E-state index contributed by atoms with van der Waals surface area (Å²) < 4.78 is 26.4. The molecule has 1 fully saturated rings. The Morgan fingerprint density at radius 3 is 2.59 bits per heavy atom. The lowest BCUT2D eigenvalue weighted by molar-refractivity contribution is -0.145. The van der Waals surface area contributed by atoms with Gasteiger partial charge in [-0.05, 0) is 40.8 Å². The average Bonchev–Trinajstić information content (AvgIpc) is 3.35. The van der Waals surface area contributed by atoms with Crippen LogP contribution in [0.3, 0.4) is 0 Å². The number of fused-ring (bicyclic) bond motifs is 1. The summed E-state index contributed by atoms with van der Waals surface area (Å²) in [6, 6.07) is 13.1. The van der Waals surface area contributed by atoms with Crippen LogP contribution in [0.5, 0.6) is 11.5 Å². The molecule has 3 heterocycles. The van der Waals surface area contributed by atoms with Gasteiger partial charge in [0.05, 0.1) is 11.4 Å². The van der Waals surface area contributed by atoms with Crippen LogP contribution >= 0.6 is 11.8 Å². The lowest BCUT2D eigenvalue weighted by Crippen LogP contribution is -2.55. The summed E-state index contributed by atoms with van der Waals surface area (Å²) in [7, 11) is 0. The van der Waals surface area contributed by atoms with E-state index in [9.17, 15) is 14.0 Å². The number of tetrazole rings is 1. The van der Waals surface area contributed by atoms with Crippen molar-refractivity contribution >= 4 is 23.6 Å². The third-order valence-corrected chi connectivity index (χ3v) is 6.45. The zero-order chi connectivity index (χ0) is 23.5. The molecule has 10 nitrogen and oxygen atoms in total. The van der Waals surface area contributed by atoms with Gasteiger partial charge in [-0.25, -0.2) is 4.39 Å². The van der Waals surface area contributed by atoms with Crippen molar-refractivity contribution < 1.29 is 23.5 Å². The molecular formula is C22H21FN6O4S. The van der Waals surface area contributed by atoms with Gasteiger partial charge in [0.1, 0.15) is 12.4 Å². The molecule has 0 N–H and O–H groups in total. The van der Waals surface area contributed by atoms with E-state index >= 15 is 0 Å². The molecule has 0 aliphatic carbocycles. The summed E-state index contributed by atoms with van der Waals surface area (Å²) in [6.45, 7) is 1.83. The topological polar surface area (TPSA) is 103 Å². The van der Waals surface area contributed by atoms with E-state index in [0.717, 1.165) is 0 Å². The molecule has 2 aliphatic rings. The molecule has 12 heteroatoms. The van der Waals surface area contributed by atoms with Gasteiger partial charge in [-0.3, -0.25) is 9.59 Å². The molecule has 1 aromatic heterocycles. The molecule has 2 aliphatic heterocycles. The highest BCUT2D eigenvalue weighted by atomic mass is 32.2. The Labute approximate surface area is 198 Å². The summed E-state index contributed by atoms with van der Waals surface area (Å²) in [4.78, 5) is 29.0. The van der Waals surface area contributed by atoms with E-state index in [-0.39, 0.29) is 24.2 Å². The largest absolute Gasteiger partial charge is 0.485 e. The van der Waals surface area contributed by atoms with E-state index in [2.05, 4.69) is 15.5 Å². The Balaban J connectivity index is 1.12. The van der Waals surface area contributed by atoms with Gasteiger partial charge in [-0.15, -0.1) is 5.10 Å². The highest BCUT2D eigenvalue weighted by Crippen LogP contribution is 2.31. The second kappa shape index (κ2) is 9.67. The van der Waals surface area contributed by atoms with Gasteiger partial charge in [0.25, 0.3) is 5.91 Å². The molecule has 2 amide bonds. The Morgan fingerprint density at radius 2 is 1.79 bits per heavy atom. The van der Waals surface area contributed by atoms with Crippen LogP contribution in [0.1, 0.15) is 0 Å². The third-order valence-electron chi connectivity index (χ3n) is 5.55. The van der Waals surface area contributed by atoms with Crippen LogP contribution in [0.15, 0.2) is 53.7 Å². The van der Waals surface area contributed by atoms with Gasteiger partial charge in [0.2, 0.25) is 17.2 Å². The molecule has 1 saturated heterocycles. The molecule has 0 saturated carbocycles. The zero-order valence-corrected chi connectivity index (χ0v) is 18.9. The van der Waals surface area contributed by atoms with Gasteiger partial charge in [0.15, 0.2) is 11.5 Å². The van der Waals surface area contributed by atoms with Crippen LogP contribution in [0, 0.1) is 5.82 Å². The molecule has 3 aromatic rings. The summed E-state index contributed by atoms with van der Waals surface area (Å²) in [5.41, 5.74) is 0.476. The van der Waals surface area contributed by atoms with Gasteiger partial charge in [-0.2, -0.15) is 4.68 Å². The second-order valence-corrected chi connectivity index (χ2v) is 8.65. The Bertz CT molecular complexity index is 1200. The first kappa shape index (κ1) is 22.1. The van der Waals surface area contributed by atoms with Crippen LogP contribution in [0.2, 0.25) is 0 Å². The number of carbonyl (C=O) groups excluding carboxylic acids is 2. The average molecular weight is 485 g/mol. The van der Waals surface area contributed by atoms with Crippen LogP contribution in [-0.2, 0) is 9.59 Å². The van der Waals surface area contributed by atoms with Crippen LogP contribution in [0.25, 0.3) is 5.69 Å². The number of carbonyl (C=O) groups is 2. The van der Waals surface area contributed by atoms with Gasteiger partial charge >= 0.3 is 0 Å². The van der Waals surface area contributed by atoms with Crippen molar-refractivity contribution in [2.45, 2.75) is 11.3 Å². The number of rotatable bonds is 5. The van der Waals surface area contributed by atoms with Crippen molar-refractivity contribution in [3.8, 4) is 17.2 Å². The SMILES string of the molecule is O=C(CSc1nnnn1-c1cccc(F)c1)N1CCN(C(=O)C2COc3ccccc3O2)CC1. The van der Waals surface area contributed by atoms with Gasteiger partial charge in [-0.1, -0.05) is 30.0 Å². The summed E-state index contributed by atoms with van der Waals surface area (Å²) >= 11 is 1.18. The van der Waals surface area contributed by atoms with Gasteiger partial charge in [0, 0.05) is 26.2 Å². The first-order valence-corrected chi connectivity index (χ1v) is 11.7. The lowest BCUT2D eigenvalue weighted by Gasteiger charge is -2.37. The highest BCUT2D eigenvalue weighted by Gasteiger charge is 2.33. The Hall–Kier alpha value is -3.67. The van der Waals surface area contributed by atoms with Crippen molar-refractivity contribution in [2.24, 2.45) is 0 Å². The van der Waals surface area contributed by atoms with Crippen LogP contribution < -0.4 is 9.47 Å². The number of nitrogens with zero attached hydrogens (tertiary/aromatic N) is 6. The van der Waals surface area contributed by atoms with Crippen LogP contribution in [0.4, 0.5) is 4.39 Å². The number of benzene rings is 2. The number of hydrogen-bond acceptors (Lipinski definition) is 8. The van der Waals surface area contributed by atoms with Crippen molar-refractivity contribution in [3.05, 3.63) is 54.3 Å². The van der Waals surface area contributed by atoms with E-state index < -0.39 is 11.9 Å². The van der Waals surface area contributed by atoms with E-state index in [1.54, 1.807) is 34.1 Å². The Morgan fingerprint density at radius 1 is 1.03 bits per heavy atom. The predicted octanol–water partition coefficient (Wildman–Crippen LogP) is 1.40. The summed E-state index contributed by atoms with van der Waals surface area (Å²) in [6.07, 6.45) is -0.700. The maximum atomic E-state index is 13.5. The molecule has 176 valence electrons. The minimum absolute atomic E-state index is 0.0860. The van der Waals surface area contributed by atoms with E-state index in [4.69, 9.17) is 9.47 Å². The van der Waals surface area contributed by atoms with Gasteiger partial charge < -0.3 is 19.3 Å².